The fraction of sp³-hybridized carbons (Fsp3) is 0.464. The standard InChI is InChI=1S/C28H33ClFN3O5S/c1-27(2,3)38-26(36)32-21-16-39-23-9-6-19(24(34)31-17-28(30)10-12-37-13-11-28)14-22(23)33(25(21)35)15-18-4-7-20(29)8-5-18/h4-9,14,21H,10-13,15-17H2,1-3H3,(H,31,34)(H,32,36)/t21-/m0/s1. The van der Waals surface area contributed by atoms with Crippen molar-refractivity contribution in [1.29, 1.82) is 0 Å². The quantitative estimate of drug-likeness (QED) is 0.495. The van der Waals surface area contributed by atoms with Gasteiger partial charge in [-0.1, -0.05) is 23.7 Å². The number of nitrogens with zero attached hydrogens (tertiary/aromatic N) is 1. The van der Waals surface area contributed by atoms with E-state index in [9.17, 15) is 14.4 Å². The first-order valence-corrected chi connectivity index (χ1v) is 14.2. The molecule has 0 radical (unpaired) electrons. The number of fused-ring (bicyclic) bond motifs is 1. The molecule has 0 aromatic heterocycles. The van der Waals surface area contributed by atoms with Gasteiger partial charge >= 0.3 is 6.09 Å². The second-order valence-corrected chi connectivity index (χ2v) is 12.2. The van der Waals surface area contributed by atoms with E-state index >= 15 is 4.39 Å². The molecule has 2 N–H and O–H groups in total. The van der Waals surface area contributed by atoms with Crippen LogP contribution in [0.4, 0.5) is 14.9 Å². The molecule has 0 unspecified atom stereocenters. The van der Waals surface area contributed by atoms with Crippen LogP contribution >= 0.6 is 23.4 Å². The Kier molecular flexibility index (Phi) is 9.08. The van der Waals surface area contributed by atoms with Gasteiger partial charge in [-0.25, -0.2) is 9.18 Å². The lowest BCUT2D eigenvalue weighted by molar-refractivity contribution is -0.120. The molecule has 1 fully saturated rings. The molecule has 2 aliphatic heterocycles. The summed E-state index contributed by atoms with van der Waals surface area (Å²) in [6.45, 7) is 5.96. The zero-order valence-electron chi connectivity index (χ0n) is 22.2. The Hall–Kier alpha value is -2.82. The molecule has 39 heavy (non-hydrogen) atoms. The summed E-state index contributed by atoms with van der Waals surface area (Å²) < 4.78 is 25.6. The normalized spacial score (nSPS) is 19.1. The first-order valence-electron chi connectivity index (χ1n) is 12.8. The molecule has 1 saturated heterocycles. The Morgan fingerprint density at radius 2 is 1.87 bits per heavy atom. The average molecular weight is 578 g/mol. The van der Waals surface area contributed by atoms with Crippen LogP contribution in [-0.4, -0.2) is 60.7 Å². The Bertz CT molecular complexity index is 1210. The first kappa shape index (κ1) is 29.2. The maximum absolute atomic E-state index is 15.0. The fourth-order valence-corrected chi connectivity index (χ4v) is 5.47. The van der Waals surface area contributed by atoms with Crippen molar-refractivity contribution in [3.05, 3.63) is 58.6 Å². The van der Waals surface area contributed by atoms with E-state index in [0.717, 1.165) is 10.5 Å². The number of hydrogen-bond donors (Lipinski definition) is 2. The number of thioether (sulfide) groups is 1. The molecule has 2 aliphatic rings. The number of ether oxygens (including phenoxy) is 2. The molecule has 2 aromatic carbocycles. The van der Waals surface area contributed by atoms with Crippen molar-refractivity contribution in [2.75, 3.05) is 30.4 Å². The molecule has 0 aliphatic carbocycles. The van der Waals surface area contributed by atoms with Gasteiger partial charge in [0.1, 0.15) is 17.3 Å². The monoisotopic (exact) mass is 577 g/mol. The third kappa shape index (κ3) is 7.86. The lowest BCUT2D eigenvalue weighted by Gasteiger charge is -2.29. The maximum Gasteiger partial charge on any atom is 0.408 e. The van der Waals surface area contributed by atoms with E-state index in [1.165, 1.54) is 11.8 Å². The van der Waals surface area contributed by atoms with Crippen LogP contribution in [0.1, 0.15) is 49.5 Å². The smallest absolute Gasteiger partial charge is 0.408 e. The third-order valence-electron chi connectivity index (χ3n) is 6.38. The van der Waals surface area contributed by atoms with Gasteiger partial charge < -0.3 is 25.0 Å². The Balaban J connectivity index is 1.59. The van der Waals surface area contributed by atoms with Gasteiger partial charge in [0, 0.05) is 47.3 Å². The van der Waals surface area contributed by atoms with Gasteiger partial charge in [-0.05, 0) is 56.7 Å². The van der Waals surface area contributed by atoms with Crippen molar-refractivity contribution in [1.82, 2.24) is 10.6 Å². The molecule has 2 heterocycles. The van der Waals surface area contributed by atoms with Crippen LogP contribution in [-0.2, 0) is 20.8 Å². The number of alkyl halides is 1. The van der Waals surface area contributed by atoms with Crippen LogP contribution in [0.3, 0.4) is 0 Å². The molecule has 3 amide bonds. The van der Waals surface area contributed by atoms with Crippen LogP contribution in [0.5, 0.6) is 0 Å². The highest BCUT2D eigenvalue weighted by Crippen LogP contribution is 2.36. The van der Waals surface area contributed by atoms with Gasteiger partial charge in [-0.2, -0.15) is 0 Å². The summed E-state index contributed by atoms with van der Waals surface area (Å²) in [6.07, 6.45) is -0.236. The average Bonchev–Trinajstić information content (AvgIpc) is 3.00. The van der Waals surface area contributed by atoms with Gasteiger partial charge in [0.2, 0.25) is 0 Å². The third-order valence-corrected chi connectivity index (χ3v) is 7.79. The number of anilines is 1. The van der Waals surface area contributed by atoms with Crippen molar-refractivity contribution >= 4 is 47.0 Å². The molecule has 8 nitrogen and oxygen atoms in total. The number of hydrogen-bond acceptors (Lipinski definition) is 6. The Labute approximate surface area is 236 Å². The summed E-state index contributed by atoms with van der Waals surface area (Å²) in [5.74, 6) is -0.498. The Morgan fingerprint density at radius 1 is 1.18 bits per heavy atom. The summed E-state index contributed by atoms with van der Waals surface area (Å²) in [7, 11) is 0. The number of halogens is 2. The number of carbonyl (C=O) groups excluding carboxylic acids is 3. The van der Waals surface area contributed by atoms with Crippen molar-refractivity contribution in [2.45, 2.75) is 62.4 Å². The van der Waals surface area contributed by atoms with E-state index in [4.69, 9.17) is 21.1 Å². The fourth-order valence-electron chi connectivity index (χ4n) is 4.29. The molecule has 1 atom stereocenters. The van der Waals surface area contributed by atoms with Crippen molar-refractivity contribution < 1.29 is 28.2 Å². The number of nitrogens with one attached hydrogen (secondary N) is 2. The molecule has 0 saturated carbocycles. The highest BCUT2D eigenvalue weighted by molar-refractivity contribution is 7.99. The lowest BCUT2D eigenvalue weighted by Crippen LogP contribution is -2.50. The van der Waals surface area contributed by atoms with Crippen LogP contribution in [0.2, 0.25) is 5.02 Å². The molecule has 0 bridgehead atoms. The number of amides is 3. The molecular weight excluding hydrogens is 545 g/mol. The molecule has 2 aromatic rings. The largest absolute Gasteiger partial charge is 0.444 e. The summed E-state index contributed by atoms with van der Waals surface area (Å²) in [5, 5.41) is 5.97. The SMILES string of the molecule is CC(C)(C)OC(=O)N[C@H]1CSc2ccc(C(=O)NCC3(F)CCOCC3)cc2N(Cc2ccc(Cl)cc2)C1=O. The van der Waals surface area contributed by atoms with Gasteiger partial charge in [0.25, 0.3) is 11.8 Å². The van der Waals surface area contributed by atoms with E-state index in [1.807, 2.05) is 12.1 Å². The molecule has 4 rings (SSSR count). The van der Waals surface area contributed by atoms with Gasteiger partial charge in [-0.15, -0.1) is 11.8 Å². The van der Waals surface area contributed by atoms with Gasteiger partial charge in [-0.3, -0.25) is 9.59 Å². The zero-order chi connectivity index (χ0) is 28.2. The van der Waals surface area contributed by atoms with Gasteiger partial charge in [0.05, 0.1) is 18.8 Å². The molecular formula is C28H33ClFN3O5S. The second kappa shape index (κ2) is 12.1. The van der Waals surface area contributed by atoms with Crippen LogP contribution in [0, 0.1) is 0 Å². The highest BCUT2D eigenvalue weighted by atomic mass is 35.5. The maximum atomic E-state index is 15.0. The van der Waals surface area contributed by atoms with Crippen LogP contribution in [0.15, 0.2) is 47.4 Å². The zero-order valence-corrected chi connectivity index (χ0v) is 23.8. The van der Waals surface area contributed by atoms with E-state index in [0.29, 0.717) is 29.5 Å². The molecule has 0 spiro atoms. The first-order chi connectivity index (χ1) is 18.4. The van der Waals surface area contributed by atoms with E-state index in [2.05, 4.69) is 10.6 Å². The van der Waals surface area contributed by atoms with Crippen molar-refractivity contribution in [2.24, 2.45) is 0 Å². The predicted molar refractivity (Wildman–Crippen MR) is 149 cm³/mol. The summed E-state index contributed by atoms with van der Waals surface area (Å²) in [6, 6.07) is 11.3. The predicted octanol–water partition coefficient (Wildman–Crippen LogP) is 5.12. The number of carbonyl (C=O) groups is 3. The lowest BCUT2D eigenvalue weighted by atomic mass is 9.96. The molecule has 11 heteroatoms. The van der Waals surface area contributed by atoms with Crippen molar-refractivity contribution in [3.63, 3.8) is 0 Å². The van der Waals surface area contributed by atoms with Gasteiger partial charge in [0.15, 0.2) is 0 Å². The minimum atomic E-state index is -1.51. The highest BCUT2D eigenvalue weighted by Gasteiger charge is 2.35. The summed E-state index contributed by atoms with van der Waals surface area (Å²) in [5.41, 5.74) is -0.579. The van der Waals surface area contributed by atoms with Crippen LogP contribution < -0.4 is 15.5 Å². The van der Waals surface area contributed by atoms with E-state index in [1.54, 1.807) is 56.0 Å². The number of benzene rings is 2. The van der Waals surface area contributed by atoms with Crippen molar-refractivity contribution in [3.8, 4) is 0 Å². The van der Waals surface area contributed by atoms with E-state index in [-0.39, 0.29) is 37.6 Å². The number of alkyl carbamates (subject to hydrolysis) is 1. The summed E-state index contributed by atoms with van der Waals surface area (Å²) >= 11 is 7.45. The minimum absolute atomic E-state index is 0.115. The second-order valence-electron chi connectivity index (χ2n) is 10.7. The molecule has 210 valence electrons. The minimum Gasteiger partial charge on any atom is -0.444 e. The van der Waals surface area contributed by atoms with Crippen LogP contribution in [0.25, 0.3) is 0 Å². The van der Waals surface area contributed by atoms with E-state index < -0.39 is 29.3 Å². The topological polar surface area (TPSA) is 97.0 Å². The number of rotatable bonds is 6. The Morgan fingerprint density at radius 3 is 2.54 bits per heavy atom. The summed E-state index contributed by atoms with van der Waals surface area (Å²) in [4.78, 5) is 41.6.